The highest BCUT2D eigenvalue weighted by Crippen LogP contribution is 2.23. The molecule has 0 aromatic carbocycles. The minimum atomic E-state index is -0.277. The smallest absolute Gasteiger partial charge is 0.239 e. The van der Waals surface area contributed by atoms with Crippen molar-refractivity contribution in [1.29, 1.82) is 0 Å². The van der Waals surface area contributed by atoms with Crippen LogP contribution in [0.4, 0.5) is 0 Å². The predicted octanol–water partition coefficient (Wildman–Crippen LogP) is 0.420. The molecule has 2 aliphatic rings. The minimum absolute atomic E-state index is 0.0909. The number of nitrogens with one attached hydrogen (secondary N) is 1. The number of amides is 2. The monoisotopic (exact) mass is 324 g/mol. The second-order valence-electron chi connectivity index (χ2n) is 7.07. The molecule has 0 saturated carbocycles. The normalized spacial score (nSPS) is 25.3. The van der Waals surface area contributed by atoms with Crippen LogP contribution in [0.25, 0.3) is 0 Å². The minimum Gasteiger partial charge on any atom is -0.369 e. The maximum atomic E-state index is 12.7. The lowest BCUT2D eigenvalue weighted by molar-refractivity contribution is -0.140. The molecule has 0 bridgehead atoms. The quantitative estimate of drug-likeness (QED) is 0.742. The molecular formula is C17H32N4O2. The number of nitrogens with two attached hydrogens (primary N) is 1. The number of likely N-dealkylation sites (tertiary alicyclic amines) is 2. The SMILES string of the molecule is CNCCC1CCN(C(C)C(=O)N2CCCC(C(N)=O)C2)CC1. The Bertz CT molecular complexity index is 407. The second-order valence-corrected chi connectivity index (χ2v) is 7.07. The molecule has 6 heteroatoms. The highest BCUT2D eigenvalue weighted by atomic mass is 16.2. The van der Waals surface area contributed by atoms with E-state index in [1.807, 2.05) is 18.9 Å². The topological polar surface area (TPSA) is 78.7 Å². The first kappa shape index (κ1) is 18.2. The molecule has 2 saturated heterocycles. The lowest BCUT2D eigenvalue weighted by Crippen LogP contribution is -2.53. The molecule has 2 rings (SSSR count). The lowest BCUT2D eigenvalue weighted by Gasteiger charge is -2.39. The van der Waals surface area contributed by atoms with E-state index in [0.29, 0.717) is 6.54 Å². The molecule has 0 aromatic rings. The van der Waals surface area contributed by atoms with E-state index in [0.717, 1.165) is 44.9 Å². The second kappa shape index (κ2) is 8.64. The zero-order valence-corrected chi connectivity index (χ0v) is 14.6. The van der Waals surface area contributed by atoms with Gasteiger partial charge in [-0.15, -0.1) is 0 Å². The summed E-state index contributed by atoms with van der Waals surface area (Å²) < 4.78 is 0. The molecule has 2 fully saturated rings. The molecule has 2 unspecified atom stereocenters. The molecule has 0 radical (unpaired) electrons. The molecule has 2 atom stereocenters. The predicted molar refractivity (Wildman–Crippen MR) is 90.8 cm³/mol. The summed E-state index contributed by atoms with van der Waals surface area (Å²) in [4.78, 5) is 28.3. The maximum absolute atomic E-state index is 12.7. The van der Waals surface area contributed by atoms with Crippen molar-refractivity contribution in [1.82, 2.24) is 15.1 Å². The molecule has 132 valence electrons. The van der Waals surface area contributed by atoms with Crippen molar-refractivity contribution in [3.63, 3.8) is 0 Å². The van der Waals surface area contributed by atoms with Crippen LogP contribution in [-0.4, -0.2) is 67.4 Å². The van der Waals surface area contributed by atoms with Gasteiger partial charge in [0.2, 0.25) is 11.8 Å². The summed E-state index contributed by atoms with van der Waals surface area (Å²) in [6, 6.07) is -0.0909. The van der Waals surface area contributed by atoms with Gasteiger partial charge >= 0.3 is 0 Å². The van der Waals surface area contributed by atoms with Crippen molar-refractivity contribution in [3.8, 4) is 0 Å². The van der Waals surface area contributed by atoms with Gasteiger partial charge in [-0.05, 0) is 71.6 Å². The average molecular weight is 324 g/mol. The zero-order valence-electron chi connectivity index (χ0n) is 14.6. The Hall–Kier alpha value is -1.14. The van der Waals surface area contributed by atoms with Crippen molar-refractivity contribution in [2.24, 2.45) is 17.6 Å². The third-order valence-corrected chi connectivity index (χ3v) is 5.49. The summed E-state index contributed by atoms with van der Waals surface area (Å²) in [5, 5.41) is 3.21. The first-order valence-electron chi connectivity index (χ1n) is 8.99. The van der Waals surface area contributed by atoms with Gasteiger partial charge in [0, 0.05) is 13.1 Å². The Morgan fingerprint density at radius 3 is 2.52 bits per heavy atom. The molecule has 2 heterocycles. The van der Waals surface area contributed by atoms with E-state index in [2.05, 4.69) is 10.2 Å². The van der Waals surface area contributed by atoms with E-state index < -0.39 is 0 Å². The van der Waals surface area contributed by atoms with Gasteiger partial charge in [0.1, 0.15) is 0 Å². The number of hydrogen-bond donors (Lipinski definition) is 2. The Labute approximate surface area is 139 Å². The highest BCUT2D eigenvalue weighted by molar-refractivity contribution is 5.83. The van der Waals surface area contributed by atoms with Gasteiger partial charge in [0.05, 0.1) is 12.0 Å². The number of nitrogens with zero attached hydrogens (tertiary/aromatic N) is 2. The van der Waals surface area contributed by atoms with Gasteiger partial charge in [-0.2, -0.15) is 0 Å². The van der Waals surface area contributed by atoms with Crippen LogP contribution in [0.15, 0.2) is 0 Å². The molecule has 23 heavy (non-hydrogen) atoms. The fourth-order valence-electron chi connectivity index (χ4n) is 3.81. The first-order valence-corrected chi connectivity index (χ1v) is 8.99. The van der Waals surface area contributed by atoms with Gasteiger partial charge in [-0.25, -0.2) is 0 Å². The molecule has 0 aromatic heterocycles. The fourth-order valence-corrected chi connectivity index (χ4v) is 3.81. The van der Waals surface area contributed by atoms with Crippen molar-refractivity contribution in [2.75, 3.05) is 39.8 Å². The Morgan fingerprint density at radius 1 is 1.22 bits per heavy atom. The summed E-state index contributed by atoms with van der Waals surface area (Å²) in [6.07, 6.45) is 5.24. The van der Waals surface area contributed by atoms with Crippen LogP contribution in [0.2, 0.25) is 0 Å². The van der Waals surface area contributed by atoms with Crippen LogP contribution in [0.5, 0.6) is 0 Å². The van der Waals surface area contributed by atoms with E-state index in [9.17, 15) is 9.59 Å². The van der Waals surface area contributed by atoms with Gasteiger partial charge in [0.25, 0.3) is 0 Å². The standard InChI is InChI=1S/C17H32N4O2/c1-13(20-10-6-14(7-11-20)5-8-19-2)17(23)21-9-3-4-15(12-21)16(18)22/h13-15,19H,3-12H2,1-2H3,(H2,18,22). The van der Waals surface area contributed by atoms with Crippen LogP contribution < -0.4 is 11.1 Å². The lowest BCUT2D eigenvalue weighted by atomic mass is 9.92. The first-order chi connectivity index (χ1) is 11.0. The fraction of sp³-hybridized carbons (Fsp3) is 0.882. The summed E-state index contributed by atoms with van der Waals surface area (Å²) in [6.45, 7) is 6.32. The maximum Gasteiger partial charge on any atom is 0.239 e. The van der Waals surface area contributed by atoms with Gasteiger partial charge in [-0.1, -0.05) is 0 Å². The van der Waals surface area contributed by atoms with Gasteiger partial charge < -0.3 is 16.0 Å². The van der Waals surface area contributed by atoms with Crippen LogP contribution in [-0.2, 0) is 9.59 Å². The largest absolute Gasteiger partial charge is 0.369 e. The van der Waals surface area contributed by atoms with E-state index in [4.69, 9.17) is 5.73 Å². The summed E-state index contributed by atoms with van der Waals surface area (Å²) in [5.41, 5.74) is 5.41. The van der Waals surface area contributed by atoms with Crippen LogP contribution in [0, 0.1) is 11.8 Å². The number of primary amides is 1. The van der Waals surface area contributed by atoms with Crippen molar-refractivity contribution in [2.45, 2.75) is 45.1 Å². The number of carbonyl (C=O) groups is 2. The third kappa shape index (κ3) is 4.91. The Morgan fingerprint density at radius 2 is 1.91 bits per heavy atom. The number of carbonyl (C=O) groups excluding carboxylic acids is 2. The number of rotatable bonds is 6. The number of piperidine rings is 2. The molecule has 2 aliphatic heterocycles. The molecule has 2 amide bonds. The van der Waals surface area contributed by atoms with Gasteiger partial charge in [-0.3, -0.25) is 14.5 Å². The van der Waals surface area contributed by atoms with Crippen molar-refractivity contribution < 1.29 is 9.59 Å². The average Bonchev–Trinajstić information content (AvgIpc) is 2.59. The van der Waals surface area contributed by atoms with E-state index in [-0.39, 0.29) is 23.8 Å². The van der Waals surface area contributed by atoms with E-state index in [1.165, 1.54) is 19.3 Å². The number of hydrogen-bond acceptors (Lipinski definition) is 4. The third-order valence-electron chi connectivity index (χ3n) is 5.49. The summed E-state index contributed by atoms with van der Waals surface area (Å²) in [5.74, 6) is 0.479. The molecular weight excluding hydrogens is 292 g/mol. The molecule has 6 nitrogen and oxygen atoms in total. The Balaban J connectivity index is 1.82. The zero-order chi connectivity index (χ0) is 16.8. The summed E-state index contributed by atoms with van der Waals surface area (Å²) >= 11 is 0. The molecule has 0 spiro atoms. The summed E-state index contributed by atoms with van der Waals surface area (Å²) in [7, 11) is 1.99. The van der Waals surface area contributed by atoms with E-state index >= 15 is 0 Å². The van der Waals surface area contributed by atoms with Crippen LogP contribution >= 0.6 is 0 Å². The van der Waals surface area contributed by atoms with E-state index in [1.54, 1.807) is 0 Å². The van der Waals surface area contributed by atoms with Crippen LogP contribution in [0.3, 0.4) is 0 Å². The van der Waals surface area contributed by atoms with Crippen molar-refractivity contribution in [3.05, 3.63) is 0 Å². The van der Waals surface area contributed by atoms with Crippen molar-refractivity contribution >= 4 is 11.8 Å². The molecule has 3 N–H and O–H groups in total. The Kier molecular flexibility index (Phi) is 6.84. The molecule has 0 aliphatic carbocycles. The highest BCUT2D eigenvalue weighted by Gasteiger charge is 2.32. The van der Waals surface area contributed by atoms with Gasteiger partial charge in [0.15, 0.2) is 0 Å². The van der Waals surface area contributed by atoms with Crippen LogP contribution in [0.1, 0.15) is 39.0 Å².